The second-order valence-corrected chi connectivity index (χ2v) is 8.93. The predicted molar refractivity (Wildman–Crippen MR) is 122 cm³/mol. The maximum atomic E-state index is 12.7. The summed E-state index contributed by atoms with van der Waals surface area (Å²) < 4.78 is 5.79. The first-order valence-electron chi connectivity index (χ1n) is 8.57. The molecule has 0 radical (unpaired) electrons. The number of furan rings is 1. The lowest BCUT2D eigenvalue weighted by molar-refractivity contribution is -0.123. The first-order chi connectivity index (χ1) is 14.3. The molecule has 0 atom stereocenters. The van der Waals surface area contributed by atoms with Gasteiger partial charge in [0.2, 0.25) is 0 Å². The molecule has 1 aliphatic rings. The van der Waals surface area contributed by atoms with Crippen LogP contribution >= 0.6 is 58.2 Å². The van der Waals surface area contributed by atoms with Crippen LogP contribution in [0.4, 0.5) is 4.79 Å². The fourth-order valence-corrected chi connectivity index (χ4v) is 4.54. The number of thioether (sulfide) groups is 1. The van der Waals surface area contributed by atoms with Gasteiger partial charge in [-0.1, -0.05) is 58.5 Å². The molecule has 9 heteroatoms. The van der Waals surface area contributed by atoms with Crippen molar-refractivity contribution in [2.45, 2.75) is 6.54 Å². The van der Waals surface area contributed by atoms with Crippen LogP contribution < -0.4 is 0 Å². The fourth-order valence-electron chi connectivity index (χ4n) is 2.86. The highest BCUT2D eigenvalue weighted by atomic mass is 35.5. The Balaban J connectivity index is 1.57. The summed E-state index contributed by atoms with van der Waals surface area (Å²) in [6.07, 6.45) is 1.52. The summed E-state index contributed by atoms with van der Waals surface area (Å²) in [7, 11) is 0. The number of benzene rings is 2. The molecule has 3 aromatic rings. The molecule has 2 amide bonds. The first kappa shape index (κ1) is 21.3. The molecule has 1 fully saturated rings. The van der Waals surface area contributed by atoms with Gasteiger partial charge in [0, 0.05) is 21.7 Å². The number of carbonyl (C=O) groups is 2. The van der Waals surface area contributed by atoms with Crippen molar-refractivity contribution in [3.8, 4) is 11.3 Å². The van der Waals surface area contributed by atoms with Crippen molar-refractivity contribution in [1.29, 1.82) is 0 Å². The van der Waals surface area contributed by atoms with Crippen LogP contribution in [-0.4, -0.2) is 16.0 Å². The number of amides is 2. The van der Waals surface area contributed by atoms with E-state index in [9.17, 15) is 9.59 Å². The van der Waals surface area contributed by atoms with Crippen LogP contribution in [-0.2, 0) is 11.3 Å². The highest BCUT2D eigenvalue weighted by Gasteiger charge is 2.35. The van der Waals surface area contributed by atoms with E-state index in [1.807, 2.05) is 0 Å². The monoisotopic (exact) mass is 497 g/mol. The Morgan fingerprint density at radius 2 is 1.77 bits per heavy atom. The standard InChI is InChI=1S/C21H11Cl4NO3S/c22-12-5-4-11(16(24)8-12)10-26-20(27)18(30-21(26)28)9-13-6-7-17(29-13)14-2-1-3-15(23)19(14)25/h1-9H,10H2/b18-9-. The van der Waals surface area contributed by atoms with E-state index in [1.165, 1.54) is 6.08 Å². The molecule has 0 spiro atoms. The Bertz CT molecular complexity index is 1200. The zero-order chi connectivity index (χ0) is 21.4. The zero-order valence-corrected chi connectivity index (χ0v) is 18.8. The van der Waals surface area contributed by atoms with Crippen molar-refractivity contribution in [1.82, 2.24) is 4.90 Å². The van der Waals surface area contributed by atoms with Crippen molar-refractivity contribution >= 4 is 75.4 Å². The number of halogens is 4. The number of nitrogens with zero attached hydrogens (tertiary/aromatic N) is 1. The average molecular weight is 499 g/mol. The molecule has 1 aromatic heterocycles. The molecule has 2 heterocycles. The molecular formula is C21H11Cl4NO3S. The van der Waals surface area contributed by atoms with E-state index in [-0.39, 0.29) is 16.7 Å². The molecule has 0 saturated carbocycles. The summed E-state index contributed by atoms with van der Waals surface area (Å²) in [5.74, 6) is 0.492. The van der Waals surface area contributed by atoms with E-state index < -0.39 is 5.91 Å². The highest BCUT2D eigenvalue weighted by molar-refractivity contribution is 8.18. The lowest BCUT2D eigenvalue weighted by Gasteiger charge is -2.13. The number of hydrogen-bond donors (Lipinski definition) is 0. The van der Waals surface area contributed by atoms with Gasteiger partial charge in [-0.05, 0) is 53.7 Å². The minimum atomic E-state index is -0.422. The Morgan fingerprint density at radius 1 is 0.967 bits per heavy atom. The molecular weight excluding hydrogens is 488 g/mol. The fraction of sp³-hybridized carbons (Fsp3) is 0.0476. The van der Waals surface area contributed by atoms with Gasteiger partial charge < -0.3 is 4.42 Å². The quantitative estimate of drug-likeness (QED) is 0.344. The molecule has 1 saturated heterocycles. The van der Waals surface area contributed by atoms with Crippen molar-refractivity contribution in [3.05, 3.63) is 84.9 Å². The second kappa shape index (κ2) is 8.69. The molecule has 0 aliphatic carbocycles. The van der Waals surface area contributed by atoms with Crippen LogP contribution in [0.15, 0.2) is 57.9 Å². The number of carbonyl (C=O) groups excluding carboxylic acids is 2. The SMILES string of the molecule is O=C1S/C(=C\c2ccc(-c3cccc(Cl)c3Cl)o2)C(=O)N1Cc1ccc(Cl)cc1Cl. The van der Waals surface area contributed by atoms with Gasteiger partial charge in [0.05, 0.1) is 21.5 Å². The van der Waals surface area contributed by atoms with Crippen molar-refractivity contribution < 1.29 is 14.0 Å². The summed E-state index contributed by atoms with van der Waals surface area (Å²) >= 11 is 25.2. The molecule has 0 unspecified atom stereocenters. The van der Waals surface area contributed by atoms with Gasteiger partial charge in [0.15, 0.2) is 0 Å². The summed E-state index contributed by atoms with van der Waals surface area (Å²) in [6, 6.07) is 13.5. The number of imide groups is 1. The molecule has 30 heavy (non-hydrogen) atoms. The van der Waals surface area contributed by atoms with Crippen LogP contribution in [0.5, 0.6) is 0 Å². The van der Waals surface area contributed by atoms with Gasteiger partial charge in [-0.25, -0.2) is 0 Å². The van der Waals surface area contributed by atoms with E-state index >= 15 is 0 Å². The summed E-state index contributed by atoms with van der Waals surface area (Å²) in [5.41, 5.74) is 1.26. The van der Waals surface area contributed by atoms with Gasteiger partial charge in [0.25, 0.3) is 11.1 Å². The Kier molecular flexibility index (Phi) is 6.19. The molecule has 0 bridgehead atoms. The van der Waals surface area contributed by atoms with Crippen molar-refractivity contribution in [2.75, 3.05) is 0 Å². The molecule has 4 rings (SSSR count). The molecule has 1 aliphatic heterocycles. The minimum absolute atomic E-state index is 0.0551. The summed E-state index contributed by atoms with van der Waals surface area (Å²) in [4.78, 5) is 26.5. The van der Waals surface area contributed by atoms with Crippen LogP contribution in [0.3, 0.4) is 0 Å². The maximum absolute atomic E-state index is 12.7. The normalized spacial score (nSPS) is 15.5. The third-order valence-corrected chi connectivity index (χ3v) is 6.65. The van der Waals surface area contributed by atoms with Crippen molar-refractivity contribution in [3.63, 3.8) is 0 Å². The van der Waals surface area contributed by atoms with E-state index in [0.29, 0.717) is 42.7 Å². The lowest BCUT2D eigenvalue weighted by atomic mass is 10.2. The first-order valence-corrected chi connectivity index (χ1v) is 10.9. The largest absolute Gasteiger partial charge is 0.457 e. The number of hydrogen-bond acceptors (Lipinski definition) is 4. The molecule has 4 nitrogen and oxygen atoms in total. The van der Waals surface area contributed by atoms with Gasteiger partial charge in [-0.15, -0.1) is 0 Å². The van der Waals surface area contributed by atoms with Crippen LogP contribution in [0.25, 0.3) is 17.4 Å². The third kappa shape index (κ3) is 4.27. The maximum Gasteiger partial charge on any atom is 0.293 e. The summed E-state index contributed by atoms with van der Waals surface area (Å²) in [5, 5.41) is 1.27. The van der Waals surface area contributed by atoms with Crippen LogP contribution in [0.1, 0.15) is 11.3 Å². The summed E-state index contributed by atoms with van der Waals surface area (Å²) in [6.45, 7) is 0.0551. The zero-order valence-electron chi connectivity index (χ0n) is 15.0. The Hall–Kier alpha value is -1.89. The predicted octanol–water partition coefficient (Wildman–Crippen LogP) is 7.80. The molecule has 2 aromatic carbocycles. The van der Waals surface area contributed by atoms with E-state index in [0.717, 1.165) is 16.7 Å². The van der Waals surface area contributed by atoms with E-state index in [2.05, 4.69) is 0 Å². The molecule has 152 valence electrons. The molecule has 0 N–H and O–H groups in total. The Morgan fingerprint density at radius 3 is 2.53 bits per heavy atom. The van der Waals surface area contributed by atoms with Crippen LogP contribution in [0.2, 0.25) is 20.1 Å². The van der Waals surface area contributed by atoms with E-state index in [4.69, 9.17) is 50.8 Å². The second-order valence-electron chi connectivity index (χ2n) is 6.31. The Labute approximate surface area is 196 Å². The van der Waals surface area contributed by atoms with Gasteiger partial charge in [-0.2, -0.15) is 0 Å². The minimum Gasteiger partial charge on any atom is -0.457 e. The van der Waals surface area contributed by atoms with E-state index in [1.54, 1.807) is 48.5 Å². The topological polar surface area (TPSA) is 50.5 Å². The van der Waals surface area contributed by atoms with Gasteiger partial charge >= 0.3 is 0 Å². The highest BCUT2D eigenvalue weighted by Crippen LogP contribution is 2.37. The van der Waals surface area contributed by atoms with Crippen molar-refractivity contribution in [2.24, 2.45) is 0 Å². The average Bonchev–Trinajstić information content (AvgIpc) is 3.26. The third-order valence-electron chi connectivity index (χ3n) is 4.33. The van der Waals surface area contributed by atoms with Crippen LogP contribution in [0, 0.1) is 0 Å². The van der Waals surface area contributed by atoms with Gasteiger partial charge in [-0.3, -0.25) is 14.5 Å². The smallest absolute Gasteiger partial charge is 0.293 e. The number of rotatable bonds is 4. The van der Waals surface area contributed by atoms with Gasteiger partial charge in [0.1, 0.15) is 11.5 Å². The lowest BCUT2D eigenvalue weighted by Crippen LogP contribution is -2.27.